The fraction of sp³-hybridized carbons (Fsp3) is 0.538. The highest BCUT2D eigenvalue weighted by molar-refractivity contribution is 5.90. The number of fused-ring (bicyclic) bond motifs is 1. The zero-order valence-corrected chi connectivity index (χ0v) is 12.6. The van der Waals surface area contributed by atoms with Gasteiger partial charge in [0.25, 0.3) is 0 Å². The maximum Gasteiger partial charge on any atom is 0.435 e. The Morgan fingerprint density at radius 2 is 2.09 bits per heavy atom. The van der Waals surface area contributed by atoms with Gasteiger partial charge in [-0.1, -0.05) is 5.21 Å². The normalized spacial score (nSPS) is 14.1. The van der Waals surface area contributed by atoms with E-state index in [9.17, 15) is 18.0 Å². The minimum absolute atomic E-state index is 0.209. The van der Waals surface area contributed by atoms with Crippen LogP contribution in [0.4, 0.5) is 19.0 Å². The van der Waals surface area contributed by atoms with Crippen molar-refractivity contribution in [3.8, 4) is 0 Å². The molecule has 7 nitrogen and oxygen atoms in total. The molecule has 0 unspecified atom stereocenters. The monoisotopic (exact) mass is 328 g/mol. The summed E-state index contributed by atoms with van der Waals surface area (Å²) in [6.45, 7) is 1.44. The lowest BCUT2D eigenvalue weighted by Crippen LogP contribution is -2.22. The van der Waals surface area contributed by atoms with Crippen LogP contribution in [0.5, 0.6) is 0 Å². The number of alkyl halides is 3. The van der Waals surface area contributed by atoms with Crippen LogP contribution in [0.25, 0.3) is 0 Å². The van der Waals surface area contributed by atoms with Crippen LogP contribution in [0, 0.1) is 6.92 Å². The molecule has 0 bridgehead atoms. The van der Waals surface area contributed by atoms with Crippen LogP contribution in [0.15, 0.2) is 0 Å². The van der Waals surface area contributed by atoms with Gasteiger partial charge in [0.2, 0.25) is 5.91 Å². The zero-order valence-electron chi connectivity index (χ0n) is 12.6. The first kappa shape index (κ1) is 15.5. The fourth-order valence-corrected chi connectivity index (χ4v) is 2.70. The van der Waals surface area contributed by atoms with Crippen LogP contribution >= 0.6 is 0 Å². The van der Waals surface area contributed by atoms with Gasteiger partial charge in [0, 0.05) is 18.3 Å². The summed E-state index contributed by atoms with van der Waals surface area (Å²) in [6, 6.07) is 0. The average Bonchev–Trinajstić information content (AvgIpc) is 3.11. The Morgan fingerprint density at radius 3 is 2.70 bits per heavy atom. The SMILES string of the molecule is Cc1c(NC(=O)Cn2nc(C(F)(F)F)c3c2CCC3)nnn1C. The Morgan fingerprint density at radius 1 is 1.35 bits per heavy atom. The van der Waals surface area contributed by atoms with Crippen LogP contribution in [0.2, 0.25) is 0 Å². The molecule has 1 aliphatic rings. The minimum atomic E-state index is -4.50. The molecule has 23 heavy (non-hydrogen) atoms. The summed E-state index contributed by atoms with van der Waals surface area (Å²) in [5, 5.41) is 13.7. The standard InChI is InChI=1S/C13H15F3N6O/c1-7-12(18-20-21(7)2)17-10(23)6-22-9-5-3-4-8(9)11(19-22)13(14,15)16/h3-6H2,1-2H3,(H,17,23). The van der Waals surface area contributed by atoms with Crippen molar-refractivity contribution in [1.82, 2.24) is 24.8 Å². The number of rotatable bonds is 3. The van der Waals surface area contributed by atoms with E-state index in [1.165, 1.54) is 4.68 Å². The van der Waals surface area contributed by atoms with Gasteiger partial charge >= 0.3 is 6.18 Å². The average molecular weight is 328 g/mol. The lowest BCUT2D eigenvalue weighted by molar-refractivity contribution is -0.142. The number of nitrogens with zero attached hydrogens (tertiary/aromatic N) is 5. The topological polar surface area (TPSA) is 77.6 Å². The summed E-state index contributed by atoms with van der Waals surface area (Å²) in [4.78, 5) is 12.1. The van der Waals surface area contributed by atoms with Gasteiger partial charge in [0.1, 0.15) is 6.54 Å². The van der Waals surface area contributed by atoms with Gasteiger partial charge in [-0.2, -0.15) is 18.3 Å². The molecule has 10 heteroatoms. The van der Waals surface area contributed by atoms with E-state index in [4.69, 9.17) is 0 Å². The van der Waals surface area contributed by atoms with E-state index in [1.807, 2.05) is 0 Å². The number of carbonyl (C=O) groups is 1. The highest BCUT2D eigenvalue weighted by Gasteiger charge is 2.40. The molecule has 0 saturated carbocycles. The van der Waals surface area contributed by atoms with E-state index in [0.717, 1.165) is 4.68 Å². The van der Waals surface area contributed by atoms with Crippen molar-refractivity contribution < 1.29 is 18.0 Å². The predicted octanol–water partition coefficient (Wildman–Crippen LogP) is 1.47. The third-order valence-electron chi connectivity index (χ3n) is 3.93. The number of aromatic nitrogens is 5. The highest BCUT2D eigenvalue weighted by Crippen LogP contribution is 2.36. The number of nitrogens with one attached hydrogen (secondary N) is 1. The second-order valence-electron chi connectivity index (χ2n) is 5.48. The van der Waals surface area contributed by atoms with E-state index in [0.29, 0.717) is 30.7 Å². The predicted molar refractivity (Wildman–Crippen MR) is 73.6 cm³/mol. The van der Waals surface area contributed by atoms with Gasteiger partial charge in [-0.15, -0.1) is 5.10 Å². The van der Waals surface area contributed by atoms with E-state index in [-0.39, 0.29) is 17.9 Å². The lowest BCUT2D eigenvalue weighted by atomic mass is 10.2. The highest BCUT2D eigenvalue weighted by atomic mass is 19.4. The van der Waals surface area contributed by atoms with Gasteiger partial charge in [0.05, 0.1) is 5.69 Å². The molecule has 2 heterocycles. The van der Waals surface area contributed by atoms with Gasteiger partial charge in [0.15, 0.2) is 11.5 Å². The molecule has 2 aromatic heterocycles. The summed E-state index contributed by atoms with van der Waals surface area (Å²) in [5.41, 5.74) is 0.470. The van der Waals surface area contributed by atoms with Crippen molar-refractivity contribution in [2.45, 2.75) is 38.9 Å². The smallest absolute Gasteiger partial charge is 0.306 e. The number of hydrogen-bond acceptors (Lipinski definition) is 4. The maximum absolute atomic E-state index is 13.0. The molecule has 0 atom stereocenters. The van der Waals surface area contributed by atoms with Crippen molar-refractivity contribution >= 4 is 11.7 Å². The quantitative estimate of drug-likeness (QED) is 0.925. The first-order valence-electron chi connectivity index (χ1n) is 7.09. The molecule has 3 rings (SSSR count). The summed E-state index contributed by atoms with van der Waals surface area (Å²) in [7, 11) is 1.67. The van der Waals surface area contributed by atoms with Crippen LogP contribution in [0.1, 0.15) is 29.1 Å². The second-order valence-corrected chi connectivity index (χ2v) is 5.48. The minimum Gasteiger partial charge on any atom is -0.306 e. The summed E-state index contributed by atoms with van der Waals surface area (Å²) < 4.78 is 41.6. The lowest BCUT2D eigenvalue weighted by Gasteiger charge is -2.06. The fourth-order valence-electron chi connectivity index (χ4n) is 2.70. The number of aryl methyl sites for hydroxylation is 1. The molecule has 0 aromatic carbocycles. The van der Waals surface area contributed by atoms with Crippen molar-refractivity contribution in [2.24, 2.45) is 7.05 Å². The van der Waals surface area contributed by atoms with Crippen molar-refractivity contribution in [3.05, 3.63) is 22.6 Å². The van der Waals surface area contributed by atoms with Crippen molar-refractivity contribution in [3.63, 3.8) is 0 Å². The van der Waals surface area contributed by atoms with Gasteiger partial charge in [-0.05, 0) is 26.2 Å². The summed E-state index contributed by atoms with van der Waals surface area (Å²) in [6.07, 6.45) is -3.02. The molecule has 124 valence electrons. The molecule has 1 N–H and O–H groups in total. The molecule has 0 aliphatic heterocycles. The van der Waals surface area contributed by atoms with Crippen LogP contribution in [-0.2, 0) is 37.4 Å². The number of carbonyl (C=O) groups excluding carboxylic acids is 1. The maximum atomic E-state index is 13.0. The van der Waals surface area contributed by atoms with Gasteiger partial charge in [-0.3, -0.25) is 14.2 Å². The molecule has 0 fully saturated rings. The number of halogens is 3. The molecular weight excluding hydrogens is 313 g/mol. The second kappa shape index (κ2) is 5.36. The number of hydrogen-bond donors (Lipinski definition) is 1. The van der Waals surface area contributed by atoms with Crippen LogP contribution in [-0.4, -0.2) is 30.7 Å². The van der Waals surface area contributed by atoms with Crippen LogP contribution < -0.4 is 5.32 Å². The molecule has 0 saturated heterocycles. The van der Waals surface area contributed by atoms with E-state index in [2.05, 4.69) is 20.7 Å². The largest absolute Gasteiger partial charge is 0.435 e. The Bertz CT molecular complexity index is 761. The molecule has 1 aliphatic carbocycles. The summed E-state index contributed by atoms with van der Waals surface area (Å²) >= 11 is 0. The first-order valence-corrected chi connectivity index (χ1v) is 7.09. The Balaban J connectivity index is 1.81. The van der Waals surface area contributed by atoms with E-state index in [1.54, 1.807) is 14.0 Å². The zero-order chi connectivity index (χ0) is 16.8. The Kier molecular flexibility index (Phi) is 3.61. The Labute approximate surface area is 129 Å². The third-order valence-corrected chi connectivity index (χ3v) is 3.93. The van der Waals surface area contributed by atoms with E-state index < -0.39 is 17.8 Å². The molecule has 0 radical (unpaired) electrons. The summed E-state index contributed by atoms with van der Waals surface area (Å²) in [5.74, 6) is -0.197. The van der Waals surface area contributed by atoms with Crippen molar-refractivity contribution in [1.29, 1.82) is 0 Å². The Hall–Kier alpha value is -2.39. The van der Waals surface area contributed by atoms with Gasteiger partial charge in [-0.25, -0.2) is 0 Å². The number of anilines is 1. The molecule has 0 spiro atoms. The molecular formula is C13H15F3N6O. The molecule has 2 aromatic rings. The van der Waals surface area contributed by atoms with Gasteiger partial charge < -0.3 is 5.32 Å². The van der Waals surface area contributed by atoms with Crippen LogP contribution in [0.3, 0.4) is 0 Å². The molecule has 1 amide bonds. The van der Waals surface area contributed by atoms with E-state index >= 15 is 0 Å². The van der Waals surface area contributed by atoms with Crippen molar-refractivity contribution in [2.75, 3.05) is 5.32 Å². The number of amides is 1. The third kappa shape index (κ3) is 2.80. The first-order chi connectivity index (χ1) is 10.8.